The second-order valence-corrected chi connectivity index (χ2v) is 21.5. The highest BCUT2D eigenvalue weighted by Crippen LogP contribution is 2.75. The molecule has 49 heavy (non-hydrogen) atoms. The second-order valence-electron chi connectivity index (χ2n) is 18.6. The number of aliphatic hydroxyl groups excluding tert-OH is 1. The molecule has 4 nitrogen and oxygen atoms in total. The number of benzene rings is 1. The minimum atomic E-state index is -0.424. The molecule has 1 heterocycles. The van der Waals surface area contributed by atoms with E-state index in [2.05, 4.69) is 72.7 Å². The Morgan fingerprint density at radius 2 is 1.63 bits per heavy atom. The third-order valence-corrected chi connectivity index (χ3v) is 18.3. The van der Waals surface area contributed by atoms with E-state index in [1.807, 2.05) is 12.1 Å². The summed E-state index contributed by atoms with van der Waals surface area (Å²) in [5, 5.41) is 11.1. The number of hydrogen-bond acceptors (Lipinski definition) is 7. The Kier molecular flexibility index (Phi) is 9.18. The van der Waals surface area contributed by atoms with Crippen LogP contribution in [0.3, 0.4) is 0 Å². The summed E-state index contributed by atoms with van der Waals surface area (Å²) < 4.78 is 13.2. The standard InChI is InChI=1S/C42H58O4S3/c1-37(2)19-21-42(36(44)46-24-8-23-45-28-11-9-27(10-12-28)31-25-35(47)49-48-31)22-20-40(6)29(30(42)26-37)13-14-33-39(5)17-16-34(43)38(3,4)32(39)15-18-41(33,40)7/h9-13,25,30,32-34,43H,8,14-24,26H2,1-7H3/t30-,32-,33+,34-,39-,40+,41+,42-/m0/s1. The van der Waals surface area contributed by atoms with Gasteiger partial charge in [0.25, 0.3) is 0 Å². The highest BCUT2D eigenvalue weighted by molar-refractivity contribution is 7.80. The largest absolute Gasteiger partial charge is 0.493 e. The number of carbonyl (C=O) groups is 1. The fourth-order valence-corrected chi connectivity index (χ4v) is 14.6. The molecule has 1 aromatic carbocycles. The first-order valence-corrected chi connectivity index (χ1v) is 21.5. The molecule has 0 spiro atoms. The monoisotopic (exact) mass is 722 g/mol. The maximum atomic E-state index is 14.3. The van der Waals surface area contributed by atoms with Gasteiger partial charge in [-0.15, -0.1) is 0 Å². The number of allylic oxidation sites excluding steroid dienone is 2. The Balaban J connectivity index is 1.05. The number of carbonyl (C=O) groups excluding carboxylic acids is 1. The first-order chi connectivity index (χ1) is 23.1. The minimum absolute atomic E-state index is 0.0318. The highest BCUT2D eigenvalue weighted by atomic mass is 32.9. The summed E-state index contributed by atoms with van der Waals surface area (Å²) in [6.45, 7) is 18.2. The number of rotatable bonds is 7. The molecule has 0 bridgehead atoms. The van der Waals surface area contributed by atoms with Crippen molar-refractivity contribution in [1.29, 1.82) is 0 Å². The van der Waals surface area contributed by atoms with Crippen LogP contribution in [0.4, 0.5) is 0 Å². The molecular formula is C42H58O4S3. The molecule has 4 fully saturated rings. The van der Waals surface area contributed by atoms with E-state index >= 15 is 0 Å². The van der Waals surface area contributed by atoms with Gasteiger partial charge in [0.05, 0.1) is 24.7 Å². The molecule has 268 valence electrons. The molecule has 0 radical (unpaired) electrons. The van der Waals surface area contributed by atoms with E-state index in [4.69, 9.17) is 21.7 Å². The lowest BCUT2D eigenvalue weighted by Crippen LogP contribution is -2.65. The molecule has 1 N–H and O–H groups in total. The third kappa shape index (κ3) is 5.74. The van der Waals surface area contributed by atoms with Gasteiger partial charge >= 0.3 is 5.97 Å². The second kappa shape index (κ2) is 12.6. The smallest absolute Gasteiger partial charge is 0.312 e. The van der Waals surface area contributed by atoms with Crippen LogP contribution in [0.25, 0.3) is 10.4 Å². The molecule has 0 saturated heterocycles. The Labute approximate surface area is 307 Å². The first-order valence-electron chi connectivity index (χ1n) is 19.0. The molecule has 0 unspecified atom stereocenters. The van der Waals surface area contributed by atoms with E-state index in [1.165, 1.54) is 17.7 Å². The van der Waals surface area contributed by atoms with E-state index in [0.29, 0.717) is 31.5 Å². The highest BCUT2D eigenvalue weighted by Gasteiger charge is 2.69. The molecule has 0 aliphatic heterocycles. The summed E-state index contributed by atoms with van der Waals surface area (Å²) in [5.74, 6) is 2.25. The van der Waals surface area contributed by atoms with Crippen LogP contribution in [0.5, 0.6) is 5.75 Å². The predicted octanol–water partition coefficient (Wildman–Crippen LogP) is 11.7. The fourth-order valence-electron chi connectivity index (χ4n) is 12.2. The van der Waals surface area contributed by atoms with Crippen molar-refractivity contribution in [1.82, 2.24) is 0 Å². The summed E-state index contributed by atoms with van der Waals surface area (Å²) in [6, 6.07) is 10.2. The van der Waals surface area contributed by atoms with Crippen molar-refractivity contribution in [2.45, 2.75) is 125 Å². The zero-order chi connectivity index (χ0) is 35.0. The minimum Gasteiger partial charge on any atom is -0.493 e. The fraction of sp³-hybridized carbons (Fsp3) is 0.714. The number of hydrogen-bond donors (Lipinski definition) is 1. The van der Waals surface area contributed by atoms with E-state index in [0.717, 1.165) is 66.5 Å². The van der Waals surface area contributed by atoms with Crippen LogP contribution in [0, 0.1) is 54.1 Å². The summed E-state index contributed by atoms with van der Waals surface area (Å²) in [6.07, 6.45) is 13.7. The summed E-state index contributed by atoms with van der Waals surface area (Å²) in [4.78, 5) is 15.5. The van der Waals surface area contributed by atoms with Crippen LogP contribution in [0.15, 0.2) is 42.0 Å². The van der Waals surface area contributed by atoms with Gasteiger partial charge in [-0.05, 0) is 145 Å². The maximum absolute atomic E-state index is 14.3. The SMILES string of the molecule is CC1(C)CC[C@]2(C(=O)OCCCOc3ccc(-c4cc(=S)ss4)cc3)CC[C@]3(C)C(=CC[C@@H]4[C@@]5(C)CC[C@H](O)C(C)(C)[C@@H]5CC[C@]43C)[C@@H]2C1. The molecule has 2 aromatic rings. The van der Waals surface area contributed by atoms with Crippen LogP contribution in [0.1, 0.15) is 119 Å². The number of esters is 1. The summed E-state index contributed by atoms with van der Waals surface area (Å²) in [7, 11) is 3.33. The van der Waals surface area contributed by atoms with E-state index in [1.54, 1.807) is 26.3 Å². The molecule has 1 aromatic heterocycles. The van der Waals surface area contributed by atoms with Gasteiger partial charge in [-0.2, -0.15) is 0 Å². The van der Waals surface area contributed by atoms with Crippen molar-refractivity contribution in [2.24, 2.45) is 50.2 Å². The maximum Gasteiger partial charge on any atom is 0.312 e. The van der Waals surface area contributed by atoms with Gasteiger partial charge in [0.2, 0.25) is 0 Å². The average Bonchev–Trinajstić information content (AvgIpc) is 3.49. The lowest BCUT2D eigenvalue weighted by atomic mass is 9.33. The van der Waals surface area contributed by atoms with Gasteiger partial charge in [0, 0.05) is 11.3 Å². The van der Waals surface area contributed by atoms with Gasteiger partial charge in [-0.25, -0.2) is 0 Å². The Bertz CT molecular complexity index is 1650. The van der Waals surface area contributed by atoms with Crippen LogP contribution >= 0.6 is 32.9 Å². The zero-order valence-electron chi connectivity index (χ0n) is 30.9. The van der Waals surface area contributed by atoms with E-state index in [9.17, 15) is 9.90 Å². The number of aliphatic hydroxyl groups is 1. The Hall–Kier alpha value is -1.54. The lowest BCUT2D eigenvalue weighted by Gasteiger charge is -2.71. The van der Waals surface area contributed by atoms with Crippen molar-refractivity contribution in [3.05, 3.63) is 45.8 Å². The van der Waals surface area contributed by atoms with Gasteiger partial charge < -0.3 is 14.6 Å². The van der Waals surface area contributed by atoms with Crippen molar-refractivity contribution >= 4 is 38.9 Å². The topological polar surface area (TPSA) is 55.8 Å². The average molecular weight is 723 g/mol. The van der Waals surface area contributed by atoms with Crippen LogP contribution < -0.4 is 4.74 Å². The van der Waals surface area contributed by atoms with Crippen LogP contribution in [0.2, 0.25) is 0 Å². The number of ether oxygens (including phenoxy) is 2. The lowest BCUT2D eigenvalue weighted by molar-refractivity contribution is -0.206. The Morgan fingerprint density at radius 1 is 0.898 bits per heavy atom. The van der Waals surface area contributed by atoms with Crippen molar-refractivity contribution in [3.63, 3.8) is 0 Å². The Morgan fingerprint density at radius 3 is 2.35 bits per heavy atom. The van der Waals surface area contributed by atoms with Gasteiger partial charge in [-0.1, -0.05) is 93.0 Å². The van der Waals surface area contributed by atoms with Crippen molar-refractivity contribution in [3.8, 4) is 16.2 Å². The quantitative estimate of drug-likeness (QED) is 0.101. The first kappa shape index (κ1) is 35.8. The van der Waals surface area contributed by atoms with Gasteiger partial charge in [0.15, 0.2) is 0 Å². The molecule has 5 aliphatic rings. The van der Waals surface area contributed by atoms with Gasteiger partial charge in [0.1, 0.15) is 9.57 Å². The molecule has 5 aliphatic carbocycles. The van der Waals surface area contributed by atoms with Crippen molar-refractivity contribution < 1.29 is 19.4 Å². The predicted molar refractivity (Wildman–Crippen MR) is 205 cm³/mol. The third-order valence-electron chi connectivity index (χ3n) is 15.4. The normalized spacial score (nSPS) is 39.0. The van der Waals surface area contributed by atoms with E-state index < -0.39 is 5.41 Å². The molecule has 4 saturated carbocycles. The summed E-state index contributed by atoms with van der Waals surface area (Å²) >= 11 is 5.29. The van der Waals surface area contributed by atoms with Crippen LogP contribution in [-0.2, 0) is 9.53 Å². The van der Waals surface area contributed by atoms with Gasteiger partial charge in [-0.3, -0.25) is 4.79 Å². The molecule has 7 heteroatoms. The summed E-state index contributed by atoms with van der Waals surface area (Å²) in [5.41, 5.74) is 2.96. The molecule has 0 amide bonds. The van der Waals surface area contributed by atoms with Crippen molar-refractivity contribution in [2.75, 3.05) is 13.2 Å². The molecule has 8 atom stereocenters. The van der Waals surface area contributed by atoms with E-state index in [-0.39, 0.29) is 45.1 Å². The number of fused-ring (bicyclic) bond motifs is 7. The molecular weight excluding hydrogens is 665 g/mol. The zero-order valence-corrected chi connectivity index (χ0v) is 33.3. The van der Waals surface area contributed by atoms with Crippen LogP contribution in [-0.4, -0.2) is 30.4 Å². The molecule has 7 rings (SSSR count).